The third-order valence-electron chi connectivity index (χ3n) is 5.13. The van der Waals surface area contributed by atoms with Crippen LogP contribution in [0.5, 0.6) is 5.75 Å². The summed E-state index contributed by atoms with van der Waals surface area (Å²) in [4.78, 5) is 36.1. The topological polar surface area (TPSA) is 114 Å². The number of benzene rings is 2. The molecular weight excluding hydrogens is 400 g/mol. The Bertz CT molecular complexity index is 939. The van der Waals surface area contributed by atoms with Gasteiger partial charge in [0.25, 0.3) is 0 Å². The Labute approximate surface area is 180 Å². The Hall–Kier alpha value is -3.13. The number of hydrogen-bond acceptors (Lipinski definition) is 6. The van der Waals surface area contributed by atoms with Crippen molar-refractivity contribution >= 4 is 28.6 Å². The van der Waals surface area contributed by atoms with Gasteiger partial charge in [0.2, 0.25) is 18.1 Å². The van der Waals surface area contributed by atoms with E-state index < -0.39 is 30.3 Å². The average Bonchev–Trinajstić information content (AvgIpc) is 3.05. The summed E-state index contributed by atoms with van der Waals surface area (Å²) in [5.74, 6) is -0.711. The van der Waals surface area contributed by atoms with Crippen LogP contribution in [0.25, 0.3) is 10.8 Å². The lowest BCUT2D eigenvalue weighted by atomic mass is 10.0. The van der Waals surface area contributed by atoms with Crippen molar-refractivity contribution < 1.29 is 29.0 Å². The van der Waals surface area contributed by atoms with E-state index in [0.717, 1.165) is 16.5 Å². The molecule has 0 spiro atoms. The Morgan fingerprint density at radius 3 is 2.65 bits per heavy atom. The molecule has 1 saturated heterocycles. The van der Waals surface area contributed by atoms with E-state index in [9.17, 15) is 19.5 Å². The molecule has 1 heterocycles. The third-order valence-corrected chi connectivity index (χ3v) is 5.13. The molecule has 2 aromatic rings. The number of amides is 2. The van der Waals surface area contributed by atoms with E-state index >= 15 is 0 Å². The highest BCUT2D eigenvalue weighted by molar-refractivity contribution is 5.89. The highest BCUT2D eigenvalue weighted by atomic mass is 16.6. The minimum atomic E-state index is -1.37. The van der Waals surface area contributed by atoms with Gasteiger partial charge < -0.3 is 25.2 Å². The first kappa shape index (κ1) is 22.6. The van der Waals surface area contributed by atoms with Crippen LogP contribution in [-0.4, -0.2) is 47.9 Å². The highest BCUT2D eigenvalue weighted by Gasteiger charge is 2.36. The Morgan fingerprint density at radius 1 is 1.19 bits per heavy atom. The summed E-state index contributed by atoms with van der Waals surface area (Å²) in [5.41, 5.74) is 0. The number of nitrogens with one attached hydrogen (secondary N) is 2. The largest absolute Gasteiger partial charge is 0.493 e. The lowest BCUT2D eigenvalue weighted by Gasteiger charge is -2.24. The molecule has 1 aliphatic heterocycles. The highest BCUT2D eigenvalue weighted by Crippen LogP contribution is 2.25. The SMILES string of the molecule is CC(C)[C@H](NC(=O)CCCOc1cccc2ccccc12)C(=O)N[C@H]1CC(=O)OC1O. The van der Waals surface area contributed by atoms with E-state index in [0.29, 0.717) is 13.0 Å². The van der Waals surface area contributed by atoms with Crippen molar-refractivity contribution in [2.75, 3.05) is 6.61 Å². The molecular formula is C23H28N2O6. The standard InChI is InChI=1S/C23H28N2O6/c1-14(2)21(22(28)24-17-13-20(27)31-23(17)29)25-19(26)11-6-12-30-18-10-5-8-15-7-3-4-9-16(15)18/h3-5,7-10,14,17,21,23,29H,6,11-13H2,1-2H3,(H,24,28)(H,25,26)/t17-,21-,23?/m0/s1. The van der Waals surface area contributed by atoms with Crippen molar-refractivity contribution in [2.45, 2.75) is 51.5 Å². The van der Waals surface area contributed by atoms with Gasteiger partial charge in [-0.1, -0.05) is 50.2 Å². The normalized spacial score (nSPS) is 19.2. The maximum Gasteiger partial charge on any atom is 0.310 e. The molecule has 3 N–H and O–H groups in total. The van der Waals surface area contributed by atoms with Crippen LogP contribution in [0.4, 0.5) is 0 Å². The van der Waals surface area contributed by atoms with E-state index in [-0.39, 0.29) is 24.7 Å². The van der Waals surface area contributed by atoms with Gasteiger partial charge in [0.1, 0.15) is 17.8 Å². The van der Waals surface area contributed by atoms with Crippen LogP contribution in [0.3, 0.4) is 0 Å². The molecule has 1 fully saturated rings. The molecule has 1 unspecified atom stereocenters. The predicted octanol–water partition coefficient (Wildman–Crippen LogP) is 1.89. The van der Waals surface area contributed by atoms with Gasteiger partial charge in [-0.3, -0.25) is 14.4 Å². The number of ether oxygens (including phenoxy) is 2. The van der Waals surface area contributed by atoms with Crippen molar-refractivity contribution in [3.8, 4) is 5.75 Å². The van der Waals surface area contributed by atoms with E-state index in [1.807, 2.05) is 42.5 Å². The summed E-state index contributed by atoms with van der Waals surface area (Å²) in [5, 5.41) is 17.1. The van der Waals surface area contributed by atoms with Crippen LogP contribution in [0, 0.1) is 5.92 Å². The fourth-order valence-corrected chi connectivity index (χ4v) is 3.46. The van der Waals surface area contributed by atoms with Crippen molar-refractivity contribution in [3.05, 3.63) is 42.5 Å². The minimum absolute atomic E-state index is 0.100. The molecule has 3 rings (SSSR count). The van der Waals surface area contributed by atoms with E-state index in [4.69, 9.17) is 4.74 Å². The van der Waals surface area contributed by atoms with Gasteiger partial charge in [-0.25, -0.2) is 0 Å². The summed E-state index contributed by atoms with van der Waals surface area (Å²) in [6.07, 6.45) is -0.775. The third kappa shape index (κ3) is 5.95. The lowest BCUT2D eigenvalue weighted by molar-refractivity contribution is -0.155. The zero-order chi connectivity index (χ0) is 22.4. The summed E-state index contributed by atoms with van der Waals surface area (Å²) in [6, 6.07) is 12.2. The predicted molar refractivity (Wildman–Crippen MR) is 114 cm³/mol. The van der Waals surface area contributed by atoms with Crippen LogP contribution in [-0.2, 0) is 19.1 Å². The first-order valence-electron chi connectivity index (χ1n) is 10.4. The zero-order valence-corrected chi connectivity index (χ0v) is 17.7. The number of hydrogen-bond donors (Lipinski definition) is 3. The summed E-state index contributed by atoms with van der Waals surface area (Å²) >= 11 is 0. The van der Waals surface area contributed by atoms with Gasteiger partial charge in [-0.15, -0.1) is 0 Å². The maximum atomic E-state index is 12.5. The molecule has 31 heavy (non-hydrogen) atoms. The lowest BCUT2D eigenvalue weighted by Crippen LogP contribution is -2.53. The summed E-state index contributed by atoms with van der Waals surface area (Å²) in [7, 11) is 0. The van der Waals surface area contributed by atoms with Crippen LogP contribution >= 0.6 is 0 Å². The fraction of sp³-hybridized carbons (Fsp3) is 0.435. The first-order chi connectivity index (χ1) is 14.8. The van der Waals surface area contributed by atoms with E-state index in [2.05, 4.69) is 15.4 Å². The molecule has 0 aliphatic carbocycles. The van der Waals surface area contributed by atoms with Crippen molar-refractivity contribution in [1.29, 1.82) is 0 Å². The molecule has 0 aromatic heterocycles. The molecule has 0 saturated carbocycles. The average molecular weight is 428 g/mol. The number of carbonyl (C=O) groups is 3. The molecule has 1 aliphatic rings. The number of carbonyl (C=O) groups excluding carboxylic acids is 3. The monoisotopic (exact) mass is 428 g/mol. The van der Waals surface area contributed by atoms with Crippen molar-refractivity contribution in [3.63, 3.8) is 0 Å². The second-order valence-corrected chi connectivity index (χ2v) is 7.92. The van der Waals surface area contributed by atoms with Gasteiger partial charge >= 0.3 is 5.97 Å². The van der Waals surface area contributed by atoms with Gasteiger partial charge in [0, 0.05) is 11.8 Å². The van der Waals surface area contributed by atoms with Gasteiger partial charge in [-0.2, -0.15) is 0 Å². The summed E-state index contributed by atoms with van der Waals surface area (Å²) in [6.45, 7) is 3.98. The Morgan fingerprint density at radius 2 is 1.94 bits per heavy atom. The van der Waals surface area contributed by atoms with Crippen LogP contribution in [0.2, 0.25) is 0 Å². The second kappa shape index (κ2) is 10.3. The van der Waals surface area contributed by atoms with Crippen molar-refractivity contribution in [1.82, 2.24) is 10.6 Å². The van der Waals surface area contributed by atoms with Crippen LogP contribution in [0.1, 0.15) is 33.1 Å². The summed E-state index contributed by atoms with van der Waals surface area (Å²) < 4.78 is 10.5. The first-order valence-corrected chi connectivity index (χ1v) is 10.4. The fourth-order valence-electron chi connectivity index (χ4n) is 3.46. The Kier molecular flexibility index (Phi) is 7.46. The molecule has 0 radical (unpaired) electrons. The van der Waals surface area contributed by atoms with Gasteiger partial charge in [0.15, 0.2) is 0 Å². The molecule has 8 heteroatoms. The quantitative estimate of drug-likeness (QED) is 0.415. The van der Waals surface area contributed by atoms with E-state index in [1.165, 1.54) is 0 Å². The molecule has 2 aromatic carbocycles. The number of cyclic esters (lactones) is 1. The maximum absolute atomic E-state index is 12.5. The second-order valence-electron chi connectivity index (χ2n) is 7.92. The number of aliphatic hydroxyl groups is 1. The molecule has 0 bridgehead atoms. The Balaban J connectivity index is 1.46. The van der Waals surface area contributed by atoms with Crippen molar-refractivity contribution in [2.24, 2.45) is 5.92 Å². The molecule has 166 valence electrons. The minimum Gasteiger partial charge on any atom is -0.493 e. The number of esters is 1. The van der Waals surface area contributed by atoms with Gasteiger partial charge in [0.05, 0.1) is 13.0 Å². The van der Waals surface area contributed by atoms with Crippen LogP contribution in [0.15, 0.2) is 42.5 Å². The number of fused-ring (bicyclic) bond motifs is 1. The number of rotatable bonds is 9. The zero-order valence-electron chi connectivity index (χ0n) is 17.7. The molecule has 3 atom stereocenters. The smallest absolute Gasteiger partial charge is 0.310 e. The van der Waals surface area contributed by atoms with Gasteiger partial charge in [-0.05, 0) is 23.8 Å². The molecule has 2 amide bonds. The van der Waals surface area contributed by atoms with E-state index in [1.54, 1.807) is 13.8 Å². The molecule has 8 nitrogen and oxygen atoms in total. The van der Waals surface area contributed by atoms with Crippen LogP contribution < -0.4 is 15.4 Å². The number of aliphatic hydroxyl groups excluding tert-OH is 1.